The molecule has 0 nitrogen and oxygen atoms in total. The highest BCUT2D eigenvalue weighted by atomic mass is 14.0. The fourth-order valence-electron chi connectivity index (χ4n) is 1.67. The van der Waals surface area contributed by atoms with Crippen molar-refractivity contribution in [2.45, 2.75) is 13.3 Å². The van der Waals surface area contributed by atoms with Gasteiger partial charge in [0.25, 0.3) is 0 Å². The number of hydrogen-bond acceptors (Lipinski definition) is 0. The Morgan fingerprint density at radius 1 is 0.812 bits per heavy atom. The molecule has 16 heavy (non-hydrogen) atoms. The van der Waals surface area contributed by atoms with Gasteiger partial charge in [-0.1, -0.05) is 73.7 Å². The molecule has 0 saturated carbocycles. The van der Waals surface area contributed by atoms with Crippen LogP contribution in [-0.2, 0) is 0 Å². The molecule has 0 N–H and O–H groups in total. The Morgan fingerprint density at radius 3 is 2.06 bits per heavy atom. The van der Waals surface area contributed by atoms with E-state index >= 15 is 0 Å². The van der Waals surface area contributed by atoms with Crippen LogP contribution in [0.4, 0.5) is 0 Å². The van der Waals surface area contributed by atoms with Gasteiger partial charge in [0.2, 0.25) is 0 Å². The Kier molecular flexibility index (Phi) is 3.55. The van der Waals surface area contributed by atoms with Crippen LogP contribution < -0.4 is 0 Å². The Balaban J connectivity index is 2.23. The lowest BCUT2D eigenvalue weighted by molar-refractivity contribution is 1.23. The molecule has 0 fully saturated rings. The Labute approximate surface area is 97.3 Å². The summed E-state index contributed by atoms with van der Waals surface area (Å²) >= 11 is 0. The highest BCUT2D eigenvalue weighted by Gasteiger charge is 1.94. The van der Waals surface area contributed by atoms with Crippen molar-refractivity contribution in [2.75, 3.05) is 0 Å². The van der Waals surface area contributed by atoms with Gasteiger partial charge >= 0.3 is 0 Å². The number of allylic oxidation sites excluding steroid dienone is 1. The third kappa shape index (κ3) is 2.60. The third-order valence-electron chi connectivity index (χ3n) is 2.56. The van der Waals surface area contributed by atoms with E-state index in [2.05, 4.69) is 67.6 Å². The minimum absolute atomic E-state index is 1.08. The van der Waals surface area contributed by atoms with Gasteiger partial charge in [-0.3, -0.25) is 0 Å². The van der Waals surface area contributed by atoms with Crippen molar-refractivity contribution in [3.05, 3.63) is 66.2 Å². The maximum absolute atomic E-state index is 2.18. The molecule has 0 heterocycles. The van der Waals surface area contributed by atoms with Crippen LogP contribution in [-0.4, -0.2) is 0 Å². The van der Waals surface area contributed by atoms with E-state index in [-0.39, 0.29) is 0 Å². The quantitative estimate of drug-likeness (QED) is 0.681. The molecule has 0 unspecified atom stereocenters. The lowest BCUT2D eigenvalue weighted by atomic mass is 10.0. The van der Waals surface area contributed by atoms with Gasteiger partial charge in [0.15, 0.2) is 0 Å². The Morgan fingerprint density at radius 2 is 1.44 bits per heavy atom. The average Bonchev–Trinajstić information content (AvgIpc) is 2.38. The van der Waals surface area contributed by atoms with E-state index < -0.39 is 0 Å². The van der Waals surface area contributed by atoms with E-state index in [1.165, 1.54) is 16.7 Å². The largest absolute Gasteiger partial charge is 0.0842 e. The molecular weight excluding hydrogens is 192 g/mol. The van der Waals surface area contributed by atoms with Crippen molar-refractivity contribution in [2.24, 2.45) is 0 Å². The number of benzene rings is 2. The third-order valence-corrected chi connectivity index (χ3v) is 2.56. The van der Waals surface area contributed by atoms with Gasteiger partial charge in [0.05, 0.1) is 0 Å². The van der Waals surface area contributed by atoms with Gasteiger partial charge in [-0.25, -0.2) is 0 Å². The molecule has 0 spiro atoms. The molecule has 0 aliphatic rings. The van der Waals surface area contributed by atoms with Crippen LogP contribution in [0.5, 0.6) is 0 Å². The smallest absolute Gasteiger partial charge is 0.0184 e. The SMILES string of the molecule is CC/C=C/c1ccc(-c2ccccc2)cc1. The highest BCUT2D eigenvalue weighted by Crippen LogP contribution is 2.19. The second kappa shape index (κ2) is 5.32. The first-order chi connectivity index (χ1) is 7.90. The van der Waals surface area contributed by atoms with Crippen molar-refractivity contribution < 1.29 is 0 Å². The molecule has 2 rings (SSSR count). The fraction of sp³-hybridized carbons (Fsp3) is 0.125. The van der Waals surface area contributed by atoms with Crippen molar-refractivity contribution in [3.63, 3.8) is 0 Å². The van der Waals surface area contributed by atoms with Crippen LogP contribution in [0.1, 0.15) is 18.9 Å². The molecule has 80 valence electrons. The molecule has 2 aromatic carbocycles. The topological polar surface area (TPSA) is 0 Å². The summed E-state index contributed by atoms with van der Waals surface area (Å²) in [6.45, 7) is 2.15. The summed E-state index contributed by atoms with van der Waals surface area (Å²) in [5, 5.41) is 0. The van der Waals surface area contributed by atoms with Gasteiger partial charge in [0, 0.05) is 0 Å². The Hall–Kier alpha value is -1.82. The van der Waals surface area contributed by atoms with Gasteiger partial charge in [-0.2, -0.15) is 0 Å². The normalized spacial score (nSPS) is 10.8. The monoisotopic (exact) mass is 208 g/mol. The Bertz CT molecular complexity index is 449. The summed E-state index contributed by atoms with van der Waals surface area (Å²) in [6, 6.07) is 19.1. The standard InChI is InChI=1S/C16H16/c1-2-3-7-14-10-12-16(13-11-14)15-8-5-4-6-9-15/h3-13H,2H2,1H3/b7-3+. The van der Waals surface area contributed by atoms with Crippen LogP contribution in [0.2, 0.25) is 0 Å². The van der Waals surface area contributed by atoms with Crippen molar-refractivity contribution in [1.29, 1.82) is 0 Å². The van der Waals surface area contributed by atoms with E-state index in [9.17, 15) is 0 Å². The molecule has 0 radical (unpaired) electrons. The maximum atomic E-state index is 2.18. The second-order valence-corrected chi connectivity index (χ2v) is 3.80. The van der Waals surface area contributed by atoms with E-state index in [0.29, 0.717) is 0 Å². The first kappa shape index (κ1) is 10.7. The van der Waals surface area contributed by atoms with Gasteiger partial charge in [-0.15, -0.1) is 0 Å². The van der Waals surface area contributed by atoms with E-state index in [0.717, 1.165) is 6.42 Å². The first-order valence-corrected chi connectivity index (χ1v) is 5.72. The van der Waals surface area contributed by atoms with Crippen LogP contribution in [0.3, 0.4) is 0 Å². The molecule has 0 bridgehead atoms. The number of rotatable bonds is 3. The molecule has 0 heteroatoms. The predicted octanol–water partition coefficient (Wildman–Crippen LogP) is 4.78. The van der Waals surface area contributed by atoms with Gasteiger partial charge < -0.3 is 0 Å². The lowest BCUT2D eigenvalue weighted by Crippen LogP contribution is -1.77. The summed E-state index contributed by atoms with van der Waals surface area (Å²) in [6.07, 6.45) is 5.42. The molecule has 0 saturated heterocycles. The zero-order valence-corrected chi connectivity index (χ0v) is 9.56. The second-order valence-electron chi connectivity index (χ2n) is 3.80. The van der Waals surface area contributed by atoms with Crippen molar-refractivity contribution in [3.8, 4) is 11.1 Å². The highest BCUT2D eigenvalue weighted by molar-refractivity contribution is 5.65. The molecule has 0 aliphatic carbocycles. The van der Waals surface area contributed by atoms with E-state index in [1.54, 1.807) is 0 Å². The minimum Gasteiger partial charge on any atom is -0.0842 e. The zero-order chi connectivity index (χ0) is 11.2. The maximum Gasteiger partial charge on any atom is -0.0184 e. The minimum atomic E-state index is 1.08. The van der Waals surface area contributed by atoms with E-state index in [4.69, 9.17) is 0 Å². The van der Waals surface area contributed by atoms with Crippen LogP contribution >= 0.6 is 0 Å². The van der Waals surface area contributed by atoms with Crippen LogP contribution in [0.25, 0.3) is 17.2 Å². The molecule has 0 aromatic heterocycles. The first-order valence-electron chi connectivity index (χ1n) is 5.72. The van der Waals surface area contributed by atoms with Gasteiger partial charge in [-0.05, 0) is 23.1 Å². The van der Waals surface area contributed by atoms with Gasteiger partial charge in [0.1, 0.15) is 0 Å². The summed E-state index contributed by atoms with van der Waals surface area (Å²) in [5.41, 5.74) is 3.81. The summed E-state index contributed by atoms with van der Waals surface area (Å²) in [4.78, 5) is 0. The average molecular weight is 208 g/mol. The number of hydrogen-bond donors (Lipinski definition) is 0. The summed E-state index contributed by atoms with van der Waals surface area (Å²) in [7, 11) is 0. The van der Waals surface area contributed by atoms with Crippen LogP contribution in [0.15, 0.2) is 60.7 Å². The molecule has 2 aromatic rings. The lowest BCUT2D eigenvalue weighted by Gasteiger charge is -2.01. The molecule has 0 atom stereocenters. The summed E-state index contributed by atoms with van der Waals surface area (Å²) < 4.78 is 0. The fourth-order valence-corrected chi connectivity index (χ4v) is 1.67. The summed E-state index contributed by atoms with van der Waals surface area (Å²) in [5.74, 6) is 0. The van der Waals surface area contributed by atoms with E-state index in [1.807, 2.05) is 6.07 Å². The molecule has 0 aliphatic heterocycles. The van der Waals surface area contributed by atoms with Crippen molar-refractivity contribution in [1.82, 2.24) is 0 Å². The van der Waals surface area contributed by atoms with Crippen molar-refractivity contribution >= 4 is 6.08 Å². The molecule has 0 amide bonds. The zero-order valence-electron chi connectivity index (χ0n) is 9.56. The van der Waals surface area contributed by atoms with Crippen LogP contribution in [0, 0.1) is 0 Å². The predicted molar refractivity (Wildman–Crippen MR) is 71.2 cm³/mol. The molecular formula is C16H16.